The molecule has 0 unspecified atom stereocenters. The second-order valence-corrected chi connectivity index (χ2v) is 4.58. The zero-order valence-electron chi connectivity index (χ0n) is 11.7. The first-order valence-corrected chi connectivity index (χ1v) is 6.36. The largest absolute Gasteiger partial charge is 0.419 e. The van der Waals surface area contributed by atoms with Gasteiger partial charge in [0.2, 0.25) is 5.96 Å². The topological polar surface area (TPSA) is 76.8 Å². The Bertz CT molecular complexity index is 745. The Labute approximate surface area is 129 Å². The monoisotopic (exact) mass is 324 g/mol. The van der Waals surface area contributed by atoms with Crippen molar-refractivity contribution < 1.29 is 17.6 Å². The van der Waals surface area contributed by atoms with Crippen LogP contribution in [0.2, 0.25) is 0 Å². The molecule has 0 amide bonds. The molecule has 0 bridgehead atoms. The molecule has 4 nitrogen and oxygen atoms in total. The van der Waals surface area contributed by atoms with E-state index < -0.39 is 17.6 Å². The van der Waals surface area contributed by atoms with Crippen molar-refractivity contribution in [3.8, 4) is 11.1 Å². The smallest absolute Gasteiger partial charge is 0.369 e. The number of nitrogens with zero attached hydrogens (tertiary/aromatic N) is 2. The third kappa shape index (κ3) is 4.29. The molecule has 0 radical (unpaired) electrons. The number of halogens is 4. The first-order chi connectivity index (χ1) is 10.8. The summed E-state index contributed by atoms with van der Waals surface area (Å²) in [5.41, 5.74) is 10.3. The van der Waals surface area contributed by atoms with Gasteiger partial charge in [0.25, 0.3) is 0 Å². The van der Waals surface area contributed by atoms with Gasteiger partial charge in [0, 0.05) is 0 Å². The highest BCUT2D eigenvalue weighted by Gasteiger charge is 2.34. The van der Waals surface area contributed by atoms with Crippen molar-refractivity contribution in [3.63, 3.8) is 0 Å². The van der Waals surface area contributed by atoms with Crippen LogP contribution in [0.1, 0.15) is 11.1 Å². The molecule has 0 aromatic heterocycles. The summed E-state index contributed by atoms with van der Waals surface area (Å²) in [4.78, 5) is 0. The highest BCUT2D eigenvalue weighted by atomic mass is 19.4. The number of hydrogen-bond acceptors (Lipinski definition) is 2. The van der Waals surface area contributed by atoms with Gasteiger partial charge in [-0.15, -0.1) is 5.10 Å². The van der Waals surface area contributed by atoms with Crippen molar-refractivity contribution >= 4 is 12.2 Å². The zero-order chi connectivity index (χ0) is 17.0. The van der Waals surface area contributed by atoms with E-state index in [9.17, 15) is 17.6 Å². The molecule has 0 saturated heterocycles. The Morgan fingerprint density at radius 3 is 2.13 bits per heavy atom. The molecule has 0 aliphatic carbocycles. The third-order valence-electron chi connectivity index (χ3n) is 2.90. The van der Waals surface area contributed by atoms with E-state index in [-0.39, 0.29) is 11.5 Å². The standard InChI is InChI=1S/C15H12F4N4/c16-13-6-5-11(7-12(13)15(17,18)19)10-3-1-9(2-4-10)8-22-23-14(20)21/h1-8H,(H4,20,21,23). The number of hydrogen-bond donors (Lipinski definition) is 2. The number of nitrogens with two attached hydrogens (primary N) is 2. The molecule has 0 aliphatic rings. The lowest BCUT2D eigenvalue weighted by atomic mass is 10.0. The summed E-state index contributed by atoms with van der Waals surface area (Å²) >= 11 is 0. The fourth-order valence-electron chi connectivity index (χ4n) is 1.85. The van der Waals surface area contributed by atoms with Crippen molar-refractivity contribution in [1.82, 2.24) is 0 Å². The van der Waals surface area contributed by atoms with Crippen LogP contribution in [0, 0.1) is 5.82 Å². The first kappa shape index (κ1) is 16.5. The van der Waals surface area contributed by atoms with Crippen LogP contribution in [0.15, 0.2) is 52.7 Å². The van der Waals surface area contributed by atoms with Gasteiger partial charge >= 0.3 is 6.18 Å². The molecule has 0 atom stereocenters. The van der Waals surface area contributed by atoms with Crippen molar-refractivity contribution in [3.05, 3.63) is 59.4 Å². The molecular weight excluding hydrogens is 312 g/mol. The molecule has 2 rings (SSSR count). The van der Waals surface area contributed by atoms with E-state index in [2.05, 4.69) is 10.2 Å². The molecule has 2 aromatic carbocycles. The van der Waals surface area contributed by atoms with Crippen LogP contribution >= 0.6 is 0 Å². The van der Waals surface area contributed by atoms with Crippen LogP contribution in [-0.2, 0) is 6.18 Å². The van der Waals surface area contributed by atoms with E-state index in [1.54, 1.807) is 24.3 Å². The van der Waals surface area contributed by atoms with E-state index in [0.29, 0.717) is 11.1 Å². The summed E-state index contributed by atoms with van der Waals surface area (Å²) < 4.78 is 51.4. The SMILES string of the molecule is NC(N)=NN=Cc1ccc(-c2ccc(F)c(C(F)(F)F)c2)cc1. The molecule has 4 N–H and O–H groups in total. The van der Waals surface area contributed by atoms with Crippen LogP contribution < -0.4 is 11.5 Å². The van der Waals surface area contributed by atoms with Gasteiger partial charge < -0.3 is 11.5 Å². The van der Waals surface area contributed by atoms with E-state index in [0.717, 1.165) is 12.1 Å². The minimum absolute atomic E-state index is 0.191. The number of guanidine groups is 1. The summed E-state index contributed by atoms with van der Waals surface area (Å²) in [6, 6.07) is 9.28. The lowest BCUT2D eigenvalue weighted by molar-refractivity contribution is -0.139. The summed E-state index contributed by atoms with van der Waals surface area (Å²) in [6.07, 6.45) is -3.36. The quantitative estimate of drug-likeness (QED) is 0.394. The Morgan fingerprint density at radius 1 is 0.957 bits per heavy atom. The van der Waals surface area contributed by atoms with Crippen molar-refractivity contribution in [2.75, 3.05) is 0 Å². The van der Waals surface area contributed by atoms with Gasteiger partial charge in [-0.2, -0.15) is 18.3 Å². The van der Waals surface area contributed by atoms with Crippen LogP contribution in [0.5, 0.6) is 0 Å². The van der Waals surface area contributed by atoms with E-state index in [4.69, 9.17) is 11.5 Å². The number of benzene rings is 2. The number of alkyl halides is 3. The molecule has 0 saturated carbocycles. The van der Waals surface area contributed by atoms with Crippen molar-refractivity contribution in [2.45, 2.75) is 6.18 Å². The predicted octanol–water partition coefficient (Wildman–Crippen LogP) is 3.12. The fourth-order valence-corrected chi connectivity index (χ4v) is 1.85. The van der Waals surface area contributed by atoms with E-state index >= 15 is 0 Å². The lowest BCUT2D eigenvalue weighted by Gasteiger charge is -2.10. The van der Waals surface area contributed by atoms with Gasteiger partial charge in [-0.25, -0.2) is 4.39 Å². The summed E-state index contributed by atoms with van der Waals surface area (Å²) in [7, 11) is 0. The van der Waals surface area contributed by atoms with E-state index in [1.165, 1.54) is 12.3 Å². The Morgan fingerprint density at radius 2 is 1.57 bits per heavy atom. The number of rotatable bonds is 3. The van der Waals surface area contributed by atoms with Gasteiger partial charge in [-0.1, -0.05) is 30.3 Å². The summed E-state index contributed by atoms with van der Waals surface area (Å²) in [6.45, 7) is 0. The maximum atomic E-state index is 13.3. The average molecular weight is 324 g/mol. The second kappa shape index (κ2) is 6.47. The van der Waals surface area contributed by atoms with Crippen LogP contribution in [-0.4, -0.2) is 12.2 Å². The van der Waals surface area contributed by atoms with Gasteiger partial charge in [0.15, 0.2) is 0 Å². The highest BCUT2D eigenvalue weighted by Crippen LogP contribution is 2.34. The maximum absolute atomic E-state index is 13.3. The Kier molecular flexibility index (Phi) is 4.63. The van der Waals surface area contributed by atoms with Gasteiger partial charge in [0.05, 0.1) is 11.8 Å². The molecule has 0 aliphatic heterocycles. The average Bonchev–Trinajstić information content (AvgIpc) is 2.47. The lowest BCUT2D eigenvalue weighted by Crippen LogP contribution is -2.21. The van der Waals surface area contributed by atoms with Crippen LogP contribution in [0.25, 0.3) is 11.1 Å². The second-order valence-electron chi connectivity index (χ2n) is 4.58. The molecule has 23 heavy (non-hydrogen) atoms. The molecule has 0 spiro atoms. The Balaban J connectivity index is 2.30. The molecule has 0 fully saturated rings. The predicted molar refractivity (Wildman–Crippen MR) is 80.2 cm³/mol. The van der Waals surface area contributed by atoms with Crippen molar-refractivity contribution in [2.24, 2.45) is 21.7 Å². The highest BCUT2D eigenvalue weighted by molar-refractivity contribution is 5.82. The van der Waals surface area contributed by atoms with E-state index in [1.807, 2.05) is 0 Å². The van der Waals surface area contributed by atoms with Gasteiger partial charge in [-0.05, 0) is 28.8 Å². The van der Waals surface area contributed by atoms with Gasteiger partial charge in [0.1, 0.15) is 5.82 Å². The zero-order valence-corrected chi connectivity index (χ0v) is 11.7. The molecule has 2 aromatic rings. The Hall–Kier alpha value is -2.90. The third-order valence-corrected chi connectivity index (χ3v) is 2.90. The molecule has 8 heteroatoms. The summed E-state index contributed by atoms with van der Waals surface area (Å²) in [5.74, 6) is -1.49. The molecule has 120 valence electrons. The fraction of sp³-hybridized carbons (Fsp3) is 0.0667. The minimum Gasteiger partial charge on any atom is -0.369 e. The first-order valence-electron chi connectivity index (χ1n) is 6.36. The maximum Gasteiger partial charge on any atom is 0.419 e. The minimum atomic E-state index is -4.74. The molecular formula is C15H12F4N4. The summed E-state index contributed by atoms with van der Waals surface area (Å²) in [5, 5.41) is 7.04. The van der Waals surface area contributed by atoms with Crippen molar-refractivity contribution in [1.29, 1.82) is 0 Å². The van der Waals surface area contributed by atoms with Crippen LogP contribution in [0.3, 0.4) is 0 Å². The normalized spacial score (nSPS) is 11.7. The molecule has 0 heterocycles. The van der Waals surface area contributed by atoms with Gasteiger partial charge in [-0.3, -0.25) is 0 Å². The van der Waals surface area contributed by atoms with Crippen LogP contribution in [0.4, 0.5) is 17.6 Å².